The summed E-state index contributed by atoms with van der Waals surface area (Å²) < 4.78 is 0. The molecule has 1 unspecified atom stereocenters. The van der Waals surface area contributed by atoms with Crippen molar-refractivity contribution in [3.63, 3.8) is 0 Å². The van der Waals surface area contributed by atoms with E-state index < -0.39 is 0 Å². The van der Waals surface area contributed by atoms with E-state index in [0.717, 1.165) is 62.7 Å². The zero-order valence-corrected chi connectivity index (χ0v) is 17.1. The van der Waals surface area contributed by atoms with Crippen molar-refractivity contribution in [1.82, 2.24) is 4.90 Å². The number of hydrogen-bond acceptors (Lipinski definition) is 4. The largest absolute Gasteiger partial charge is 0.367 e. The molecule has 0 aliphatic carbocycles. The normalized spacial score (nSPS) is 16.7. The Balaban J connectivity index is 2.04. The molecule has 0 spiro atoms. The standard InChI is InChI=1S/C19H30ClN3OS/c1-4-6-13-25-15(3)19(24)21-17-14-16(20)7-8-18(17)23-11-9-22(5-2)10-12-23/h7-8,14-15H,4-6,9-13H2,1-3H3,(H,21,24). The van der Waals surface area contributed by atoms with Crippen LogP contribution >= 0.6 is 23.4 Å². The van der Waals surface area contributed by atoms with Gasteiger partial charge in [-0.05, 0) is 43.8 Å². The number of thioether (sulfide) groups is 1. The van der Waals surface area contributed by atoms with Crippen molar-refractivity contribution in [2.24, 2.45) is 0 Å². The molecule has 1 aliphatic rings. The molecular weight excluding hydrogens is 354 g/mol. The number of anilines is 2. The van der Waals surface area contributed by atoms with E-state index in [1.807, 2.05) is 25.1 Å². The number of piperazine rings is 1. The molecule has 4 nitrogen and oxygen atoms in total. The number of nitrogens with zero attached hydrogens (tertiary/aromatic N) is 2. The van der Waals surface area contributed by atoms with Crippen LogP contribution in [0.15, 0.2) is 18.2 Å². The van der Waals surface area contributed by atoms with Gasteiger partial charge in [0, 0.05) is 31.2 Å². The number of nitrogens with one attached hydrogen (secondary N) is 1. The van der Waals surface area contributed by atoms with Crippen molar-refractivity contribution in [1.29, 1.82) is 0 Å². The summed E-state index contributed by atoms with van der Waals surface area (Å²) in [7, 11) is 0. The first-order valence-electron chi connectivity index (χ1n) is 9.24. The monoisotopic (exact) mass is 383 g/mol. The van der Waals surface area contributed by atoms with E-state index in [1.165, 1.54) is 0 Å². The van der Waals surface area contributed by atoms with Crippen LogP contribution in [-0.4, -0.2) is 54.5 Å². The Morgan fingerprint density at radius 3 is 2.64 bits per heavy atom. The molecule has 1 aliphatic heterocycles. The summed E-state index contributed by atoms with van der Waals surface area (Å²) in [5, 5.41) is 3.69. The maximum absolute atomic E-state index is 12.5. The van der Waals surface area contributed by atoms with Crippen molar-refractivity contribution >= 4 is 40.6 Å². The second-order valence-electron chi connectivity index (χ2n) is 6.44. The number of rotatable bonds is 8. The van der Waals surface area contributed by atoms with Gasteiger partial charge in [-0.3, -0.25) is 4.79 Å². The van der Waals surface area contributed by atoms with Crippen LogP contribution in [0.25, 0.3) is 0 Å². The van der Waals surface area contributed by atoms with E-state index in [2.05, 4.69) is 29.0 Å². The molecule has 1 N–H and O–H groups in total. The Morgan fingerprint density at radius 1 is 1.28 bits per heavy atom. The van der Waals surface area contributed by atoms with E-state index in [9.17, 15) is 4.79 Å². The Labute approximate surface area is 161 Å². The molecule has 0 radical (unpaired) electrons. The molecule has 1 amide bonds. The summed E-state index contributed by atoms with van der Waals surface area (Å²) in [5.41, 5.74) is 1.89. The first-order chi connectivity index (χ1) is 12.0. The van der Waals surface area contributed by atoms with Crippen LogP contribution in [-0.2, 0) is 4.79 Å². The molecule has 1 heterocycles. The highest BCUT2D eigenvalue weighted by molar-refractivity contribution is 8.00. The van der Waals surface area contributed by atoms with E-state index >= 15 is 0 Å². The number of amides is 1. The van der Waals surface area contributed by atoms with Gasteiger partial charge in [-0.1, -0.05) is 31.9 Å². The maximum Gasteiger partial charge on any atom is 0.237 e. The Hall–Kier alpha value is -0.910. The van der Waals surface area contributed by atoms with Crippen LogP contribution in [0.1, 0.15) is 33.6 Å². The van der Waals surface area contributed by atoms with Gasteiger partial charge in [-0.2, -0.15) is 0 Å². The van der Waals surface area contributed by atoms with E-state index in [0.29, 0.717) is 5.02 Å². The van der Waals surface area contributed by atoms with Gasteiger partial charge in [0.05, 0.1) is 16.6 Å². The van der Waals surface area contributed by atoms with Gasteiger partial charge in [0.2, 0.25) is 5.91 Å². The van der Waals surface area contributed by atoms with Gasteiger partial charge >= 0.3 is 0 Å². The lowest BCUT2D eigenvalue weighted by atomic mass is 10.2. The summed E-state index contributed by atoms with van der Waals surface area (Å²) in [6.45, 7) is 11.5. The Kier molecular flexibility index (Phi) is 8.40. The van der Waals surface area contributed by atoms with Crippen molar-refractivity contribution < 1.29 is 4.79 Å². The second-order valence-corrected chi connectivity index (χ2v) is 8.32. The summed E-state index contributed by atoms with van der Waals surface area (Å²) in [6.07, 6.45) is 2.30. The SMILES string of the molecule is CCCCSC(C)C(=O)Nc1cc(Cl)ccc1N1CCN(CC)CC1. The number of halogens is 1. The first-order valence-corrected chi connectivity index (χ1v) is 10.7. The number of carbonyl (C=O) groups excluding carboxylic acids is 1. The first kappa shape index (κ1) is 20.4. The highest BCUT2D eigenvalue weighted by atomic mass is 35.5. The predicted molar refractivity (Wildman–Crippen MR) is 111 cm³/mol. The zero-order valence-electron chi connectivity index (χ0n) is 15.6. The smallest absolute Gasteiger partial charge is 0.237 e. The maximum atomic E-state index is 12.5. The fourth-order valence-electron chi connectivity index (χ4n) is 2.90. The highest BCUT2D eigenvalue weighted by Crippen LogP contribution is 2.30. The van der Waals surface area contributed by atoms with Crippen LogP contribution in [0.4, 0.5) is 11.4 Å². The second kappa shape index (κ2) is 10.3. The van der Waals surface area contributed by atoms with Crippen LogP contribution in [0.2, 0.25) is 5.02 Å². The quantitative estimate of drug-likeness (QED) is 0.677. The molecule has 1 atom stereocenters. The lowest BCUT2D eigenvalue weighted by molar-refractivity contribution is -0.115. The topological polar surface area (TPSA) is 35.6 Å². The van der Waals surface area contributed by atoms with Gasteiger partial charge in [0.15, 0.2) is 0 Å². The molecule has 0 aromatic heterocycles. The van der Waals surface area contributed by atoms with Crippen LogP contribution < -0.4 is 10.2 Å². The van der Waals surface area contributed by atoms with Crippen molar-refractivity contribution in [2.45, 2.75) is 38.9 Å². The molecule has 1 aromatic rings. The number of unbranched alkanes of at least 4 members (excludes halogenated alkanes) is 1. The van der Waals surface area contributed by atoms with Crippen LogP contribution in [0.3, 0.4) is 0 Å². The minimum atomic E-state index is -0.0599. The molecule has 1 fully saturated rings. The molecule has 0 bridgehead atoms. The minimum Gasteiger partial charge on any atom is -0.367 e. The van der Waals surface area contributed by atoms with Gasteiger partial charge in [-0.25, -0.2) is 0 Å². The third-order valence-electron chi connectivity index (χ3n) is 4.61. The molecule has 6 heteroatoms. The average molecular weight is 384 g/mol. The van der Waals surface area contributed by atoms with E-state index in [4.69, 9.17) is 11.6 Å². The minimum absolute atomic E-state index is 0.0526. The number of benzene rings is 1. The molecule has 25 heavy (non-hydrogen) atoms. The molecule has 140 valence electrons. The van der Waals surface area contributed by atoms with Crippen LogP contribution in [0, 0.1) is 0 Å². The highest BCUT2D eigenvalue weighted by Gasteiger charge is 2.21. The molecule has 1 saturated heterocycles. The number of hydrogen-bond donors (Lipinski definition) is 1. The van der Waals surface area contributed by atoms with Gasteiger partial charge in [0.1, 0.15) is 0 Å². The summed E-state index contributed by atoms with van der Waals surface area (Å²) in [4.78, 5) is 17.3. The van der Waals surface area contributed by atoms with Crippen molar-refractivity contribution in [2.75, 3.05) is 48.7 Å². The molecule has 0 saturated carbocycles. The summed E-state index contributed by atoms with van der Waals surface area (Å²) in [6, 6.07) is 5.79. The van der Waals surface area contributed by atoms with Gasteiger partial charge in [0.25, 0.3) is 0 Å². The fraction of sp³-hybridized carbons (Fsp3) is 0.632. The van der Waals surface area contributed by atoms with E-state index in [1.54, 1.807) is 11.8 Å². The number of carbonyl (C=O) groups is 1. The number of likely N-dealkylation sites (N-methyl/N-ethyl adjacent to an activating group) is 1. The fourth-order valence-corrected chi connectivity index (χ4v) is 4.09. The van der Waals surface area contributed by atoms with E-state index in [-0.39, 0.29) is 11.2 Å². The van der Waals surface area contributed by atoms with Crippen molar-refractivity contribution in [3.05, 3.63) is 23.2 Å². The molecular formula is C19H30ClN3OS. The Bertz CT molecular complexity index is 562. The summed E-state index contributed by atoms with van der Waals surface area (Å²) >= 11 is 7.90. The average Bonchev–Trinajstić information content (AvgIpc) is 2.62. The lowest BCUT2D eigenvalue weighted by Crippen LogP contribution is -2.46. The summed E-state index contributed by atoms with van der Waals surface area (Å²) in [5.74, 6) is 1.07. The van der Waals surface area contributed by atoms with Gasteiger partial charge in [-0.15, -0.1) is 11.8 Å². The predicted octanol–water partition coefficient (Wildman–Crippen LogP) is 4.34. The van der Waals surface area contributed by atoms with Crippen molar-refractivity contribution in [3.8, 4) is 0 Å². The lowest BCUT2D eigenvalue weighted by Gasteiger charge is -2.36. The zero-order chi connectivity index (χ0) is 18.2. The molecule has 1 aromatic carbocycles. The Morgan fingerprint density at radius 2 is 2.00 bits per heavy atom. The molecule has 2 rings (SSSR count). The third kappa shape index (κ3) is 6.08. The van der Waals surface area contributed by atoms with Crippen LogP contribution in [0.5, 0.6) is 0 Å². The third-order valence-corrected chi connectivity index (χ3v) is 6.09. The van der Waals surface area contributed by atoms with Gasteiger partial charge < -0.3 is 15.1 Å².